The summed E-state index contributed by atoms with van der Waals surface area (Å²) in [6.07, 6.45) is 1.54. The van der Waals surface area contributed by atoms with E-state index >= 15 is 0 Å². The first-order valence-electron chi connectivity index (χ1n) is 7.72. The van der Waals surface area contributed by atoms with Crippen LogP contribution in [0.2, 0.25) is 0 Å². The number of aliphatic carboxylic acids is 1. The van der Waals surface area contributed by atoms with Crippen LogP contribution < -0.4 is 10.3 Å². The van der Waals surface area contributed by atoms with Crippen molar-refractivity contribution in [3.05, 3.63) is 66.2 Å². The average molecular weight is 542 g/mol. The van der Waals surface area contributed by atoms with Crippen LogP contribution >= 0.6 is 38.5 Å². The molecule has 0 aliphatic rings. The summed E-state index contributed by atoms with van der Waals surface area (Å²) in [5.41, 5.74) is 1.09. The van der Waals surface area contributed by atoms with Gasteiger partial charge in [-0.25, -0.2) is 9.78 Å². The second-order valence-electron chi connectivity index (χ2n) is 5.55. The quantitative estimate of drug-likeness (QED) is 0.394. The maximum atomic E-state index is 12.7. The van der Waals surface area contributed by atoms with Gasteiger partial charge in [-0.2, -0.15) is 9.78 Å². The number of nitrogens with zero attached hydrogens (tertiary/aromatic N) is 3. The van der Waals surface area contributed by atoms with Crippen molar-refractivity contribution in [2.75, 3.05) is 6.61 Å². The molecule has 7 nitrogen and oxygen atoms in total. The number of hydrogen-bond acceptors (Lipinski definition) is 5. The molecule has 0 saturated heterocycles. The van der Waals surface area contributed by atoms with Crippen molar-refractivity contribution in [1.29, 1.82) is 0 Å². The van der Waals surface area contributed by atoms with Crippen molar-refractivity contribution < 1.29 is 14.6 Å². The van der Waals surface area contributed by atoms with E-state index in [0.29, 0.717) is 22.5 Å². The average Bonchev–Trinajstić information content (AvgIpc) is 2.61. The number of aromatic nitrogens is 2. The van der Waals surface area contributed by atoms with E-state index in [0.717, 1.165) is 13.6 Å². The molecular weight excluding hydrogens is 529 g/mol. The lowest BCUT2D eigenvalue weighted by Crippen LogP contribution is -2.20. The summed E-state index contributed by atoms with van der Waals surface area (Å²) in [7, 11) is 0. The first kappa shape index (κ1) is 19.5. The van der Waals surface area contributed by atoms with E-state index in [1.54, 1.807) is 43.5 Å². The molecule has 0 amide bonds. The van der Waals surface area contributed by atoms with E-state index in [1.807, 2.05) is 28.7 Å². The number of aryl methyl sites for hydroxylation is 1. The highest BCUT2D eigenvalue weighted by molar-refractivity contribution is 14.1. The molecule has 1 N–H and O–H groups in total. The van der Waals surface area contributed by atoms with Crippen molar-refractivity contribution >= 4 is 61.6 Å². The maximum absolute atomic E-state index is 12.7. The van der Waals surface area contributed by atoms with Gasteiger partial charge in [0.1, 0.15) is 11.6 Å². The maximum Gasteiger partial charge on any atom is 0.341 e. The van der Waals surface area contributed by atoms with Crippen LogP contribution in [0.25, 0.3) is 10.9 Å². The fraction of sp³-hybridized carbons (Fsp3) is 0.111. The highest BCUT2D eigenvalue weighted by Gasteiger charge is 2.08. The number of fused-ring (bicyclic) bond motifs is 1. The lowest BCUT2D eigenvalue weighted by atomic mass is 10.2. The number of carbonyl (C=O) groups is 1. The van der Waals surface area contributed by atoms with Gasteiger partial charge in [-0.05, 0) is 71.5 Å². The van der Waals surface area contributed by atoms with Crippen molar-refractivity contribution in [2.24, 2.45) is 5.10 Å². The van der Waals surface area contributed by atoms with Crippen LogP contribution in [0.15, 0.2) is 50.8 Å². The van der Waals surface area contributed by atoms with Crippen molar-refractivity contribution in [3.63, 3.8) is 0 Å². The Morgan fingerprint density at radius 3 is 2.85 bits per heavy atom. The van der Waals surface area contributed by atoms with Crippen molar-refractivity contribution in [3.8, 4) is 5.75 Å². The van der Waals surface area contributed by atoms with Crippen molar-refractivity contribution in [1.82, 2.24) is 9.66 Å². The predicted molar refractivity (Wildman–Crippen MR) is 114 cm³/mol. The van der Waals surface area contributed by atoms with Gasteiger partial charge in [-0.3, -0.25) is 4.79 Å². The second-order valence-corrected chi connectivity index (χ2v) is 7.63. The third kappa shape index (κ3) is 4.53. The second kappa shape index (κ2) is 8.17. The minimum Gasteiger partial charge on any atom is -0.481 e. The molecule has 138 valence electrons. The highest BCUT2D eigenvalue weighted by Crippen LogP contribution is 2.21. The van der Waals surface area contributed by atoms with Gasteiger partial charge < -0.3 is 9.84 Å². The lowest BCUT2D eigenvalue weighted by molar-refractivity contribution is -0.139. The Balaban J connectivity index is 1.93. The van der Waals surface area contributed by atoms with E-state index in [2.05, 4.69) is 26.0 Å². The summed E-state index contributed by atoms with van der Waals surface area (Å²) in [4.78, 5) is 27.7. The first-order chi connectivity index (χ1) is 12.8. The van der Waals surface area contributed by atoms with Gasteiger partial charge in [-0.1, -0.05) is 15.9 Å². The SMILES string of the molecule is Cc1nc2ccc(Br)cc2c(=O)n1N=Cc1ccc(OCC(=O)O)c(I)c1. The Hall–Kier alpha value is -2.27. The molecule has 0 saturated carbocycles. The number of carboxylic acid groups (broad SMARTS) is 1. The predicted octanol–water partition coefficient (Wildman–Crippen LogP) is 3.42. The van der Waals surface area contributed by atoms with Gasteiger partial charge in [0, 0.05) is 4.47 Å². The zero-order valence-corrected chi connectivity index (χ0v) is 17.8. The molecule has 9 heteroatoms. The molecule has 0 unspecified atom stereocenters. The van der Waals surface area contributed by atoms with Gasteiger partial charge in [0.05, 0.1) is 20.7 Å². The summed E-state index contributed by atoms with van der Waals surface area (Å²) < 4.78 is 7.97. The number of benzene rings is 2. The highest BCUT2D eigenvalue weighted by atomic mass is 127. The molecule has 0 aliphatic heterocycles. The van der Waals surface area contributed by atoms with E-state index < -0.39 is 12.6 Å². The van der Waals surface area contributed by atoms with Gasteiger partial charge in [0.25, 0.3) is 5.56 Å². The molecule has 0 bridgehead atoms. The monoisotopic (exact) mass is 541 g/mol. The molecule has 0 atom stereocenters. The molecule has 0 fully saturated rings. The zero-order valence-electron chi connectivity index (χ0n) is 14.0. The lowest BCUT2D eigenvalue weighted by Gasteiger charge is -2.07. The number of carboxylic acids is 1. The fourth-order valence-corrected chi connectivity index (χ4v) is 3.43. The molecule has 1 aromatic heterocycles. The standard InChI is InChI=1S/C18H13BrIN3O4/c1-10-22-15-4-3-12(19)7-13(15)18(26)23(10)21-8-11-2-5-16(14(20)6-11)27-9-17(24)25/h2-8H,9H2,1H3,(H,24,25). The molecule has 3 rings (SSSR count). The fourth-order valence-electron chi connectivity index (χ4n) is 2.37. The molecule has 0 spiro atoms. The largest absolute Gasteiger partial charge is 0.481 e. The summed E-state index contributed by atoms with van der Waals surface area (Å²) in [5.74, 6) is -0.0929. The summed E-state index contributed by atoms with van der Waals surface area (Å²) in [6, 6.07) is 10.5. The Labute approximate surface area is 176 Å². The van der Waals surface area contributed by atoms with Gasteiger partial charge in [0.2, 0.25) is 0 Å². The Morgan fingerprint density at radius 2 is 2.15 bits per heavy atom. The Bertz CT molecular complexity index is 1130. The number of ether oxygens (including phenoxy) is 1. The van der Waals surface area contributed by atoms with Crippen LogP contribution in [0.4, 0.5) is 0 Å². The zero-order chi connectivity index (χ0) is 19.6. The van der Waals surface area contributed by atoms with Crippen LogP contribution in [0.5, 0.6) is 5.75 Å². The van der Waals surface area contributed by atoms with E-state index in [9.17, 15) is 9.59 Å². The normalized spacial score (nSPS) is 11.2. The van der Waals surface area contributed by atoms with Crippen LogP contribution in [-0.2, 0) is 4.79 Å². The molecule has 27 heavy (non-hydrogen) atoms. The van der Waals surface area contributed by atoms with Gasteiger partial charge >= 0.3 is 5.97 Å². The molecule has 2 aromatic carbocycles. The van der Waals surface area contributed by atoms with Crippen LogP contribution in [-0.4, -0.2) is 33.6 Å². The van der Waals surface area contributed by atoms with E-state index in [-0.39, 0.29) is 5.56 Å². The van der Waals surface area contributed by atoms with Crippen LogP contribution in [0, 0.1) is 10.5 Å². The van der Waals surface area contributed by atoms with Crippen LogP contribution in [0.1, 0.15) is 11.4 Å². The van der Waals surface area contributed by atoms with Crippen molar-refractivity contribution in [2.45, 2.75) is 6.92 Å². The summed E-state index contributed by atoms with van der Waals surface area (Å²) in [5, 5.41) is 13.4. The minimum atomic E-state index is -1.04. The topological polar surface area (TPSA) is 93.8 Å². The number of rotatable bonds is 5. The smallest absolute Gasteiger partial charge is 0.341 e. The number of halogens is 2. The molecular formula is C18H13BrIN3O4. The molecule has 1 heterocycles. The Kier molecular flexibility index (Phi) is 5.90. The van der Waals surface area contributed by atoms with Crippen LogP contribution in [0.3, 0.4) is 0 Å². The molecule has 3 aromatic rings. The van der Waals surface area contributed by atoms with Gasteiger partial charge in [0.15, 0.2) is 6.61 Å². The van der Waals surface area contributed by atoms with E-state index in [1.165, 1.54) is 4.68 Å². The third-order valence-electron chi connectivity index (χ3n) is 3.60. The molecule has 0 radical (unpaired) electrons. The molecule has 0 aliphatic carbocycles. The summed E-state index contributed by atoms with van der Waals surface area (Å²) in [6.45, 7) is 1.31. The first-order valence-corrected chi connectivity index (χ1v) is 9.60. The number of hydrogen-bond donors (Lipinski definition) is 1. The minimum absolute atomic E-state index is 0.258. The van der Waals surface area contributed by atoms with E-state index in [4.69, 9.17) is 9.84 Å². The Morgan fingerprint density at radius 1 is 1.37 bits per heavy atom. The van der Waals surface area contributed by atoms with Gasteiger partial charge in [-0.15, -0.1) is 0 Å². The third-order valence-corrected chi connectivity index (χ3v) is 4.94. The summed E-state index contributed by atoms with van der Waals surface area (Å²) >= 11 is 5.41.